The molecule has 1 aliphatic rings. The van der Waals surface area contributed by atoms with E-state index in [1.807, 2.05) is 48.9 Å². The van der Waals surface area contributed by atoms with Crippen LogP contribution >= 0.6 is 0 Å². The van der Waals surface area contributed by atoms with Crippen molar-refractivity contribution in [2.45, 2.75) is 33.1 Å². The summed E-state index contributed by atoms with van der Waals surface area (Å²) < 4.78 is 7.85. The van der Waals surface area contributed by atoms with Gasteiger partial charge < -0.3 is 9.30 Å². The third-order valence-corrected chi connectivity index (χ3v) is 4.99. The van der Waals surface area contributed by atoms with Crippen molar-refractivity contribution in [2.75, 3.05) is 13.7 Å². The monoisotopic (exact) mass is 361 g/mol. The molecule has 1 aliphatic carbocycles. The number of pyridine rings is 2. The number of aryl methyl sites for hydroxylation is 2. The summed E-state index contributed by atoms with van der Waals surface area (Å²) >= 11 is 0. The van der Waals surface area contributed by atoms with E-state index in [-0.39, 0.29) is 0 Å². The fraction of sp³-hybridized carbons (Fsp3) is 0.333. The van der Waals surface area contributed by atoms with E-state index in [1.165, 1.54) is 5.56 Å². The topological polar surface area (TPSA) is 65.2 Å². The second-order valence-corrected chi connectivity index (χ2v) is 6.70. The first-order valence-corrected chi connectivity index (χ1v) is 9.23. The van der Waals surface area contributed by atoms with Gasteiger partial charge in [-0.25, -0.2) is 4.98 Å². The van der Waals surface area contributed by atoms with Gasteiger partial charge in [0, 0.05) is 36.2 Å². The zero-order valence-electron chi connectivity index (χ0n) is 15.9. The second-order valence-electron chi connectivity index (χ2n) is 6.70. The van der Waals surface area contributed by atoms with E-state index in [0.717, 1.165) is 52.7 Å². The largest absolute Gasteiger partial charge is 0.459 e. The number of allylic oxidation sites excluding steroid dienone is 1. The Hall–Kier alpha value is -3.02. The molecule has 27 heavy (non-hydrogen) atoms. The van der Waals surface area contributed by atoms with E-state index < -0.39 is 0 Å². The number of aromatic nitrogens is 4. The Morgan fingerprint density at radius 2 is 2.19 bits per heavy atom. The molecule has 3 heterocycles. The molecule has 3 aromatic heterocycles. The molecule has 0 saturated heterocycles. The van der Waals surface area contributed by atoms with E-state index >= 15 is 0 Å². The van der Waals surface area contributed by atoms with Crippen molar-refractivity contribution in [1.82, 2.24) is 19.5 Å². The Morgan fingerprint density at radius 1 is 1.30 bits per heavy atom. The molecule has 0 aromatic carbocycles. The Balaban J connectivity index is 1.57. The maximum absolute atomic E-state index is 5.81. The van der Waals surface area contributed by atoms with Crippen molar-refractivity contribution in [2.24, 2.45) is 4.99 Å². The zero-order chi connectivity index (χ0) is 18.8. The molecule has 138 valence electrons. The molecule has 0 bridgehead atoms. The van der Waals surface area contributed by atoms with Crippen LogP contribution in [0.2, 0.25) is 0 Å². The predicted octanol–water partition coefficient (Wildman–Crippen LogP) is 3.09. The van der Waals surface area contributed by atoms with Crippen molar-refractivity contribution < 1.29 is 4.74 Å². The molecule has 0 atom stereocenters. The Labute approximate surface area is 158 Å². The summed E-state index contributed by atoms with van der Waals surface area (Å²) in [5.74, 6) is 0. The molecule has 4 rings (SSSR count). The highest BCUT2D eigenvalue weighted by Gasteiger charge is 2.17. The molecule has 0 radical (unpaired) electrons. The maximum Gasteiger partial charge on any atom is 0.317 e. The minimum Gasteiger partial charge on any atom is -0.459 e. The average Bonchev–Trinajstić information content (AvgIpc) is 3.16. The summed E-state index contributed by atoms with van der Waals surface area (Å²) in [4.78, 5) is 17.9. The lowest BCUT2D eigenvalue weighted by Gasteiger charge is -2.11. The Kier molecular flexibility index (Phi) is 4.71. The molecular formula is C21H23N5O. The summed E-state index contributed by atoms with van der Waals surface area (Å²) in [6, 6.07) is 6.42. The first-order valence-electron chi connectivity index (χ1n) is 9.23. The van der Waals surface area contributed by atoms with Crippen LogP contribution in [-0.2, 0) is 12.8 Å². The van der Waals surface area contributed by atoms with E-state index in [2.05, 4.69) is 19.9 Å². The molecule has 0 N–H and O–H groups in total. The van der Waals surface area contributed by atoms with Crippen LogP contribution < -0.4 is 10.2 Å². The quantitative estimate of drug-likeness (QED) is 0.716. The van der Waals surface area contributed by atoms with E-state index in [1.54, 1.807) is 13.2 Å². The minimum absolute atomic E-state index is 0.408. The lowest BCUT2D eigenvalue weighted by atomic mass is 10.2. The van der Waals surface area contributed by atoms with Crippen molar-refractivity contribution in [3.63, 3.8) is 0 Å². The Morgan fingerprint density at radius 3 is 3.04 bits per heavy atom. The molecule has 0 aliphatic heterocycles. The first-order chi connectivity index (χ1) is 13.2. The van der Waals surface area contributed by atoms with Crippen LogP contribution in [0.1, 0.15) is 30.3 Å². The number of hydrogen-bond donors (Lipinski definition) is 0. The van der Waals surface area contributed by atoms with Crippen molar-refractivity contribution in [1.29, 1.82) is 0 Å². The fourth-order valence-electron chi connectivity index (χ4n) is 3.59. The van der Waals surface area contributed by atoms with Gasteiger partial charge in [-0.15, -0.1) is 0 Å². The van der Waals surface area contributed by atoms with Gasteiger partial charge in [-0.05, 0) is 62.9 Å². The summed E-state index contributed by atoms with van der Waals surface area (Å²) in [7, 11) is 1.79. The maximum atomic E-state index is 5.81. The number of rotatable bonds is 4. The minimum atomic E-state index is 0.408. The van der Waals surface area contributed by atoms with Crippen molar-refractivity contribution in [3.05, 3.63) is 59.1 Å². The highest BCUT2D eigenvalue weighted by molar-refractivity contribution is 5.77. The van der Waals surface area contributed by atoms with Crippen LogP contribution in [0.15, 0.2) is 41.7 Å². The highest BCUT2D eigenvalue weighted by atomic mass is 16.5. The van der Waals surface area contributed by atoms with E-state index in [0.29, 0.717) is 12.6 Å². The van der Waals surface area contributed by atoms with Crippen LogP contribution in [0, 0.1) is 6.92 Å². The molecular weight excluding hydrogens is 338 g/mol. The van der Waals surface area contributed by atoms with Gasteiger partial charge in [0.15, 0.2) is 0 Å². The van der Waals surface area contributed by atoms with Crippen LogP contribution in [0.25, 0.3) is 16.6 Å². The van der Waals surface area contributed by atoms with Gasteiger partial charge >= 0.3 is 6.01 Å². The molecule has 0 amide bonds. The molecule has 6 nitrogen and oxygen atoms in total. The third-order valence-electron chi connectivity index (χ3n) is 4.99. The summed E-state index contributed by atoms with van der Waals surface area (Å²) in [6.45, 7) is 4.48. The van der Waals surface area contributed by atoms with Crippen LogP contribution in [0.3, 0.4) is 0 Å². The SMILES string of the molecule is C/N=c1/c2cccnc2ccn1/C(C)=C/COc1nc(C)c2c(n1)CCC2. The lowest BCUT2D eigenvalue weighted by molar-refractivity contribution is 0.330. The normalized spacial score (nSPS) is 14.6. The van der Waals surface area contributed by atoms with Gasteiger partial charge in [-0.3, -0.25) is 9.98 Å². The van der Waals surface area contributed by atoms with Gasteiger partial charge in [-0.2, -0.15) is 4.98 Å². The van der Waals surface area contributed by atoms with Gasteiger partial charge in [-0.1, -0.05) is 0 Å². The third kappa shape index (κ3) is 3.35. The fourth-order valence-corrected chi connectivity index (χ4v) is 3.59. The number of ether oxygens (including phenoxy) is 1. The lowest BCUT2D eigenvalue weighted by Crippen LogP contribution is -2.20. The van der Waals surface area contributed by atoms with E-state index in [9.17, 15) is 0 Å². The molecule has 0 fully saturated rings. The second kappa shape index (κ2) is 7.31. The van der Waals surface area contributed by atoms with Crippen LogP contribution in [0.4, 0.5) is 0 Å². The van der Waals surface area contributed by atoms with Crippen molar-refractivity contribution >= 4 is 16.6 Å². The summed E-state index contributed by atoms with van der Waals surface area (Å²) in [5, 5.41) is 1.02. The molecule has 0 spiro atoms. The number of hydrogen-bond acceptors (Lipinski definition) is 5. The van der Waals surface area contributed by atoms with Gasteiger partial charge in [0.05, 0.1) is 11.2 Å². The number of nitrogens with zero attached hydrogens (tertiary/aromatic N) is 5. The van der Waals surface area contributed by atoms with Crippen LogP contribution in [-0.4, -0.2) is 33.2 Å². The molecule has 0 saturated carbocycles. The van der Waals surface area contributed by atoms with Gasteiger partial charge in [0.25, 0.3) is 0 Å². The first kappa shape index (κ1) is 17.4. The van der Waals surface area contributed by atoms with Gasteiger partial charge in [0.1, 0.15) is 12.1 Å². The summed E-state index contributed by atoms with van der Waals surface area (Å²) in [5.41, 5.74) is 6.31. The molecule has 6 heteroatoms. The van der Waals surface area contributed by atoms with Crippen LogP contribution in [0.5, 0.6) is 6.01 Å². The van der Waals surface area contributed by atoms with E-state index in [4.69, 9.17) is 4.74 Å². The summed E-state index contributed by atoms with van der Waals surface area (Å²) in [6.07, 6.45) is 9.05. The molecule has 0 unspecified atom stereocenters. The average molecular weight is 361 g/mol. The number of fused-ring (bicyclic) bond motifs is 2. The highest BCUT2D eigenvalue weighted by Crippen LogP contribution is 2.24. The predicted molar refractivity (Wildman–Crippen MR) is 105 cm³/mol. The van der Waals surface area contributed by atoms with Gasteiger partial charge in [0.2, 0.25) is 0 Å². The molecule has 3 aromatic rings. The smallest absolute Gasteiger partial charge is 0.317 e. The Bertz CT molecular complexity index is 1100. The zero-order valence-corrected chi connectivity index (χ0v) is 15.9. The standard InChI is InChI=1S/C21H23N5O/c1-14(26-12-9-18-17(20(26)22-3)7-5-11-23-18)10-13-27-21-24-15(2)16-6-4-8-19(16)25-21/h5,7,9-12H,4,6,8,13H2,1-3H3/b14-10+,22-20-. The van der Waals surface area contributed by atoms with Crippen molar-refractivity contribution in [3.8, 4) is 6.01 Å².